The third-order valence-corrected chi connectivity index (χ3v) is 5.78. The predicted molar refractivity (Wildman–Crippen MR) is 115 cm³/mol. The molecule has 2 unspecified atom stereocenters. The van der Waals surface area contributed by atoms with E-state index in [1.807, 2.05) is 6.92 Å². The highest BCUT2D eigenvalue weighted by atomic mass is 35.5. The van der Waals surface area contributed by atoms with Gasteiger partial charge < -0.3 is 19.5 Å². The van der Waals surface area contributed by atoms with E-state index in [0.29, 0.717) is 35.1 Å². The fourth-order valence-electron chi connectivity index (χ4n) is 4.03. The quantitative estimate of drug-likeness (QED) is 0.416. The number of aliphatic hydroxyl groups is 1. The van der Waals surface area contributed by atoms with E-state index in [-0.39, 0.29) is 24.0 Å². The first-order valence-corrected chi connectivity index (χ1v) is 10.6. The number of amides is 1. The summed E-state index contributed by atoms with van der Waals surface area (Å²) in [7, 11) is 0. The smallest absolute Gasteiger partial charge is 0.295 e. The highest BCUT2D eigenvalue weighted by molar-refractivity contribution is 6.46. The van der Waals surface area contributed by atoms with Gasteiger partial charge in [-0.05, 0) is 49.6 Å². The second-order valence-electron chi connectivity index (χ2n) is 7.45. The van der Waals surface area contributed by atoms with E-state index in [9.17, 15) is 14.7 Å². The van der Waals surface area contributed by atoms with Gasteiger partial charge in [-0.1, -0.05) is 17.7 Å². The summed E-state index contributed by atoms with van der Waals surface area (Å²) in [5.41, 5.74) is 0.998. The Balaban J connectivity index is 1.81. The van der Waals surface area contributed by atoms with Crippen molar-refractivity contribution in [1.29, 1.82) is 0 Å². The van der Waals surface area contributed by atoms with Crippen molar-refractivity contribution in [2.45, 2.75) is 31.9 Å². The molecule has 2 aliphatic rings. The van der Waals surface area contributed by atoms with Gasteiger partial charge in [-0.15, -0.1) is 0 Å². The zero-order valence-corrected chi connectivity index (χ0v) is 17.8. The van der Waals surface area contributed by atoms with E-state index < -0.39 is 17.7 Å². The molecule has 0 aliphatic carbocycles. The maximum Gasteiger partial charge on any atom is 0.295 e. The molecule has 2 aromatic rings. The van der Waals surface area contributed by atoms with Crippen LogP contribution in [0.25, 0.3) is 5.76 Å². The van der Waals surface area contributed by atoms with Crippen molar-refractivity contribution in [3.05, 3.63) is 64.4 Å². The zero-order chi connectivity index (χ0) is 22.0. The molecule has 31 heavy (non-hydrogen) atoms. The zero-order valence-electron chi connectivity index (χ0n) is 17.1. The number of benzene rings is 1. The van der Waals surface area contributed by atoms with E-state index in [0.717, 1.165) is 12.8 Å². The van der Waals surface area contributed by atoms with Crippen molar-refractivity contribution in [3.8, 4) is 5.75 Å². The SMILES string of the molecule is CCOc1cc(/C(O)=C2/C(=O)C(=O)N(CC3CCCO3)C2c2cccnc2)ccc1Cl. The lowest BCUT2D eigenvalue weighted by Crippen LogP contribution is -2.36. The van der Waals surface area contributed by atoms with Crippen LogP contribution in [0.3, 0.4) is 0 Å². The monoisotopic (exact) mass is 442 g/mol. The van der Waals surface area contributed by atoms with E-state index in [2.05, 4.69) is 4.98 Å². The summed E-state index contributed by atoms with van der Waals surface area (Å²) < 4.78 is 11.2. The van der Waals surface area contributed by atoms with E-state index in [1.165, 1.54) is 4.90 Å². The number of hydrogen-bond acceptors (Lipinski definition) is 6. The molecule has 1 aromatic heterocycles. The molecule has 2 atom stereocenters. The number of carbonyl (C=O) groups excluding carboxylic acids is 2. The summed E-state index contributed by atoms with van der Waals surface area (Å²) >= 11 is 6.16. The van der Waals surface area contributed by atoms with Gasteiger partial charge in [-0.3, -0.25) is 14.6 Å². The summed E-state index contributed by atoms with van der Waals surface area (Å²) in [5, 5.41) is 11.5. The Morgan fingerprint density at radius 3 is 2.87 bits per heavy atom. The van der Waals surface area contributed by atoms with Gasteiger partial charge in [0, 0.05) is 31.1 Å². The second-order valence-corrected chi connectivity index (χ2v) is 7.86. The minimum Gasteiger partial charge on any atom is -0.507 e. The highest BCUT2D eigenvalue weighted by Crippen LogP contribution is 2.40. The molecule has 2 saturated heterocycles. The molecule has 0 radical (unpaired) electrons. The predicted octanol–water partition coefficient (Wildman–Crippen LogP) is 3.73. The molecule has 4 rings (SSSR count). The lowest BCUT2D eigenvalue weighted by atomic mass is 9.96. The second kappa shape index (κ2) is 9.08. The summed E-state index contributed by atoms with van der Waals surface area (Å²) in [6, 6.07) is 7.50. The largest absolute Gasteiger partial charge is 0.507 e. The number of halogens is 1. The molecule has 1 aromatic carbocycles. The van der Waals surface area contributed by atoms with E-state index in [1.54, 1.807) is 42.7 Å². The molecule has 1 N–H and O–H groups in total. The van der Waals surface area contributed by atoms with Crippen LogP contribution in [0, 0.1) is 0 Å². The molecule has 7 nitrogen and oxygen atoms in total. The number of carbonyl (C=O) groups is 2. The van der Waals surface area contributed by atoms with Crippen LogP contribution in [0.2, 0.25) is 5.02 Å². The molecular formula is C23H23ClN2O5. The lowest BCUT2D eigenvalue weighted by molar-refractivity contribution is -0.140. The van der Waals surface area contributed by atoms with Crippen molar-refractivity contribution < 1.29 is 24.2 Å². The Labute approximate surface area is 185 Å². The van der Waals surface area contributed by atoms with Gasteiger partial charge >= 0.3 is 0 Å². The number of nitrogens with zero attached hydrogens (tertiary/aromatic N) is 2. The van der Waals surface area contributed by atoms with Crippen LogP contribution < -0.4 is 4.74 Å². The molecule has 0 saturated carbocycles. The van der Waals surface area contributed by atoms with Crippen molar-refractivity contribution in [2.24, 2.45) is 0 Å². The van der Waals surface area contributed by atoms with Crippen LogP contribution in [0.4, 0.5) is 0 Å². The molecule has 8 heteroatoms. The highest BCUT2D eigenvalue weighted by Gasteiger charge is 2.47. The van der Waals surface area contributed by atoms with Crippen LogP contribution in [0.5, 0.6) is 5.75 Å². The maximum absolute atomic E-state index is 13.0. The third kappa shape index (κ3) is 4.16. The first-order valence-electron chi connectivity index (χ1n) is 10.2. The Hall–Kier alpha value is -2.90. The van der Waals surface area contributed by atoms with Gasteiger partial charge in [0.1, 0.15) is 11.5 Å². The minimum absolute atomic E-state index is 0.0146. The van der Waals surface area contributed by atoms with Crippen LogP contribution in [-0.2, 0) is 14.3 Å². The Morgan fingerprint density at radius 1 is 1.35 bits per heavy atom. The molecule has 2 aliphatic heterocycles. The van der Waals surface area contributed by atoms with Crippen molar-refractivity contribution in [2.75, 3.05) is 19.8 Å². The Bertz CT molecular complexity index is 1020. The molecule has 3 heterocycles. The summed E-state index contributed by atoms with van der Waals surface area (Å²) in [4.78, 5) is 31.6. The van der Waals surface area contributed by atoms with Gasteiger partial charge in [-0.2, -0.15) is 0 Å². The first-order chi connectivity index (χ1) is 15.0. The number of aliphatic hydroxyl groups excluding tert-OH is 1. The van der Waals surface area contributed by atoms with Gasteiger partial charge in [0.05, 0.1) is 29.3 Å². The third-order valence-electron chi connectivity index (χ3n) is 5.47. The number of aromatic nitrogens is 1. The molecule has 0 bridgehead atoms. The topological polar surface area (TPSA) is 89.0 Å². The molecule has 1 amide bonds. The first kappa shape index (κ1) is 21.3. The standard InChI is InChI=1S/C23H23ClN2O5/c1-2-30-18-11-14(7-8-17(18)24)21(27)19-20(15-5-3-9-25-12-15)26(23(29)22(19)28)13-16-6-4-10-31-16/h3,5,7-9,11-12,16,20,27H,2,4,6,10,13H2,1H3/b21-19-. The summed E-state index contributed by atoms with van der Waals surface area (Å²) in [5.74, 6) is -1.29. The van der Waals surface area contributed by atoms with E-state index >= 15 is 0 Å². The average molecular weight is 443 g/mol. The molecule has 2 fully saturated rings. The van der Waals surface area contributed by atoms with Gasteiger partial charge in [0.25, 0.3) is 11.7 Å². The Kier molecular flexibility index (Phi) is 6.25. The number of rotatable bonds is 6. The fourth-order valence-corrected chi connectivity index (χ4v) is 4.20. The van der Waals surface area contributed by atoms with Crippen LogP contribution >= 0.6 is 11.6 Å². The van der Waals surface area contributed by atoms with Crippen LogP contribution in [0.1, 0.15) is 36.9 Å². The molecule has 0 spiro atoms. The van der Waals surface area contributed by atoms with E-state index in [4.69, 9.17) is 21.1 Å². The van der Waals surface area contributed by atoms with Gasteiger partial charge in [0.15, 0.2) is 0 Å². The maximum atomic E-state index is 13.0. The number of ether oxygens (including phenoxy) is 2. The van der Waals surface area contributed by atoms with Crippen molar-refractivity contribution in [1.82, 2.24) is 9.88 Å². The Morgan fingerprint density at radius 2 is 2.19 bits per heavy atom. The van der Waals surface area contributed by atoms with Crippen LogP contribution in [0.15, 0.2) is 48.3 Å². The summed E-state index contributed by atoms with van der Waals surface area (Å²) in [6.45, 7) is 3.12. The fraction of sp³-hybridized carbons (Fsp3) is 0.348. The van der Waals surface area contributed by atoms with Gasteiger partial charge in [-0.25, -0.2) is 0 Å². The summed E-state index contributed by atoms with van der Waals surface area (Å²) in [6.07, 6.45) is 4.80. The molecule has 162 valence electrons. The average Bonchev–Trinajstić information content (AvgIpc) is 3.38. The number of hydrogen-bond donors (Lipinski definition) is 1. The van der Waals surface area contributed by atoms with Crippen LogP contribution in [-0.4, -0.2) is 52.5 Å². The normalized spacial score (nSPS) is 22.8. The number of Topliss-reactive ketones (excluding diaryl/α,β-unsaturated/α-hetero) is 1. The molecular weight excluding hydrogens is 420 g/mol. The minimum atomic E-state index is -0.760. The number of pyridine rings is 1. The number of likely N-dealkylation sites (tertiary alicyclic amines) is 1. The van der Waals surface area contributed by atoms with Crippen molar-refractivity contribution >= 4 is 29.1 Å². The lowest BCUT2D eigenvalue weighted by Gasteiger charge is -2.27. The van der Waals surface area contributed by atoms with Gasteiger partial charge in [0.2, 0.25) is 0 Å². The number of ketones is 1. The van der Waals surface area contributed by atoms with Crippen molar-refractivity contribution in [3.63, 3.8) is 0 Å².